The maximum absolute atomic E-state index is 3.46. The molecule has 25 heavy (non-hydrogen) atoms. The minimum Gasteiger partial charge on any atom is -0.349 e. The summed E-state index contributed by atoms with van der Waals surface area (Å²) >= 11 is 3.66. The number of nitrogens with zero attached hydrogens (tertiary/aromatic N) is 1. The Hall–Kier alpha value is -2.04. The number of thiazole rings is 1. The molecule has 0 saturated carbocycles. The van der Waals surface area contributed by atoms with Gasteiger partial charge in [-0.25, -0.2) is 0 Å². The number of nitrogens with one attached hydrogen (secondary N) is 1. The number of benzene rings is 2. The lowest BCUT2D eigenvalue weighted by Crippen LogP contribution is -2.34. The van der Waals surface area contributed by atoms with Gasteiger partial charge in [0.2, 0.25) is 5.52 Å². The van der Waals surface area contributed by atoms with Gasteiger partial charge in [0.25, 0.3) is 5.01 Å². The van der Waals surface area contributed by atoms with Crippen LogP contribution in [0.15, 0.2) is 64.5 Å². The molecule has 2 heterocycles. The largest absolute Gasteiger partial charge is 0.349 e. The van der Waals surface area contributed by atoms with E-state index in [0.29, 0.717) is 0 Å². The second-order valence-corrected chi connectivity index (χ2v) is 8.06. The van der Waals surface area contributed by atoms with Gasteiger partial charge in [0.15, 0.2) is 0 Å². The standard InChI is InChI=1S/C21H20N2S2/c1-3-15-9-7-12-18-21(15)23(4-2)20(25-18)14-8-13-19-22-16-10-5-6-11-17(16)24-19/h5-14H,3-4H2,1-2H3/p+1. The first-order chi connectivity index (χ1) is 12.3. The van der Waals surface area contributed by atoms with Crippen LogP contribution in [0, 0.1) is 0 Å². The molecule has 0 bridgehead atoms. The van der Waals surface area contributed by atoms with Crippen LogP contribution < -0.4 is 9.88 Å². The molecule has 3 aromatic rings. The Kier molecular flexibility index (Phi) is 4.64. The summed E-state index contributed by atoms with van der Waals surface area (Å²) in [7, 11) is 0. The third-order valence-corrected chi connectivity index (χ3v) is 6.53. The zero-order valence-electron chi connectivity index (χ0n) is 14.5. The molecule has 2 aromatic carbocycles. The number of para-hydroxylation sites is 2. The van der Waals surface area contributed by atoms with E-state index in [0.717, 1.165) is 13.0 Å². The lowest BCUT2D eigenvalue weighted by atomic mass is 10.1. The van der Waals surface area contributed by atoms with Crippen molar-refractivity contribution in [2.75, 3.05) is 5.32 Å². The van der Waals surface area contributed by atoms with E-state index >= 15 is 0 Å². The van der Waals surface area contributed by atoms with Gasteiger partial charge in [-0.1, -0.05) is 60.4 Å². The molecule has 126 valence electrons. The summed E-state index contributed by atoms with van der Waals surface area (Å²) in [5.41, 5.74) is 4.02. The van der Waals surface area contributed by atoms with Crippen LogP contribution in [-0.4, -0.2) is 0 Å². The zero-order chi connectivity index (χ0) is 17.2. The molecule has 0 atom stereocenters. The Bertz CT molecular complexity index is 956. The van der Waals surface area contributed by atoms with Crippen LogP contribution in [0.4, 0.5) is 5.69 Å². The molecule has 1 aromatic heterocycles. The van der Waals surface area contributed by atoms with E-state index in [4.69, 9.17) is 0 Å². The number of anilines is 1. The van der Waals surface area contributed by atoms with Gasteiger partial charge in [0.1, 0.15) is 11.2 Å². The van der Waals surface area contributed by atoms with E-state index in [-0.39, 0.29) is 0 Å². The minimum absolute atomic E-state index is 0.992. The number of fused-ring (bicyclic) bond motifs is 2. The van der Waals surface area contributed by atoms with Crippen LogP contribution in [-0.2, 0) is 13.0 Å². The van der Waals surface area contributed by atoms with E-state index in [1.807, 2.05) is 11.3 Å². The van der Waals surface area contributed by atoms with Crippen LogP contribution in [0.25, 0.3) is 16.3 Å². The van der Waals surface area contributed by atoms with E-state index < -0.39 is 0 Å². The predicted molar refractivity (Wildman–Crippen MR) is 110 cm³/mol. The summed E-state index contributed by atoms with van der Waals surface area (Å²) in [6.07, 6.45) is 7.62. The van der Waals surface area contributed by atoms with Crippen molar-refractivity contribution in [3.63, 3.8) is 0 Å². The average molecular weight is 366 g/mol. The fraction of sp³-hybridized carbons (Fsp3) is 0.190. The normalized spacial score (nSPS) is 15.2. The van der Waals surface area contributed by atoms with Gasteiger partial charge in [-0.2, -0.15) is 4.57 Å². The summed E-state index contributed by atoms with van der Waals surface area (Å²) in [6.45, 7) is 5.44. The van der Waals surface area contributed by atoms with Gasteiger partial charge in [-0.15, -0.1) is 0 Å². The number of hydrogen-bond donors (Lipinski definition) is 1. The first kappa shape index (κ1) is 16.4. The van der Waals surface area contributed by atoms with Crippen molar-refractivity contribution in [1.82, 2.24) is 0 Å². The molecule has 4 rings (SSSR count). The van der Waals surface area contributed by atoms with Crippen molar-refractivity contribution in [3.8, 4) is 0 Å². The number of rotatable bonds is 4. The smallest absolute Gasteiger partial charge is 0.262 e. The maximum Gasteiger partial charge on any atom is 0.262 e. The van der Waals surface area contributed by atoms with Crippen molar-refractivity contribution in [3.05, 3.63) is 70.2 Å². The lowest BCUT2D eigenvalue weighted by molar-refractivity contribution is -0.665. The predicted octanol–water partition coefficient (Wildman–Crippen LogP) is 5.84. The first-order valence-corrected chi connectivity index (χ1v) is 10.3. The fourth-order valence-electron chi connectivity index (χ4n) is 3.19. The molecule has 0 fully saturated rings. The highest BCUT2D eigenvalue weighted by Gasteiger charge is 2.19. The molecule has 1 aliphatic heterocycles. The van der Waals surface area contributed by atoms with Gasteiger partial charge in [0, 0.05) is 16.5 Å². The molecule has 0 unspecified atom stereocenters. The molecule has 1 N–H and O–H groups in total. The van der Waals surface area contributed by atoms with Crippen LogP contribution in [0.3, 0.4) is 0 Å². The number of hydrogen-bond acceptors (Lipinski definition) is 3. The van der Waals surface area contributed by atoms with E-state index in [1.54, 1.807) is 11.8 Å². The average Bonchev–Trinajstić information content (AvgIpc) is 3.21. The van der Waals surface area contributed by atoms with E-state index in [1.165, 1.54) is 36.4 Å². The Labute approximate surface area is 156 Å². The molecule has 0 aliphatic carbocycles. The molecule has 1 aliphatic rings. The van der Waals surface area contributed by atoms with Gasteiger partial charge in [-0.05, 0) is 37.6 Å². The van der Waals surface area contributed by atoms with Gasteiger partial charge in [-0.3, -0.25) is 0 Å². The highest BCUT2D eigenvalue weighted by molar-refractivity contribution is 8.03. The number of aromatic nitrogens is 1. The number of aryl methyl sites for hydroxylation is 2. The van der Waals surface area contributed by atoms with Crippen molar-refractivity contribution >= 4 is 45.1 Å². The molecule has 0 amide bonds. The van der Waals surface area contributed by atoms with Crippen molar-refractivity contribution in [2.24, 2.45) is 0 Å². The van der Waals surface area contributed by atoms with Crippen LogP contribution in [0.2, 0.25) is 0 Å². The first-order valence-electron chi connectivity index (χ1n) is 8.66. The van der Waals surface area contributed by atoms with E-state index in [9.17, 15) is 0 Å². The zero-order valence-corrected chi connectivity index (χ0v) is 16.1. The molecule has 0 saturated heterocycles. The number of thioether (sulfide) groups is 1. The minimum atomic E-state index is 0.992. The van der Waals surface area contributed by atoms with E-state index in [2.05, 4.69) is 84.4 Å². The SMILES string of the molecule is CCc1cccc2sc(C=CC=C3Nc4ccccc4S3)[n+](CC)c12. The summed E-state index contributed by atoms with van der Waals surface area (Å²) in [4.78, 5) is 1.29. The Balaban J connectivity index is 1.63. The quantitative estimate of drug-likeness (QED) is 0.584. The third kappa shape index (κ3) is 3.12. The van der Waals surface area contributed by atoms with Crippen LogP contribution >= 0.6 is 23.1 Å². The highest BCUT2D eigenvalue weighted by atomic mass is 32.2. The van der Waals surface area contributed by atoms with Gasteiger partial charge in [0.05, 0.1) is 10.7 Å². The molecular weight excluding hydrogens is 344 g/mol. The monoisotopic (exact) mass is 365 g/mol. The fourth-order valence-corrected chi connectivity index (χ4v) is 5.29. The molecule has 2 nitrogen and oxygen atoms in total. The van der Waals surface area contributed by atoms with Crippen LogP contribution in [0.5, 0.6) is 0 Å². The third-order valence-electron chi connectivity index (χ3n) is 4.38. The van der Waals surface area contributed by atoms with Crippen molar-refractivity contribution < 1.29 is 4.57 Å². The lowest BCUT2D eigenvalue weighted by Gasteiger charge is -1.97. The highest BCUT2D eigenvalue weighted by Crippen LogP contribution is 2.40. The maximum atomic E-state index is 3.46. The van der Waals surface area contributed by atoms with Crippen molar-refractivity contribution in [1.29, 1.82) is 0 Å². The summed E-state index contributed by atoms with van der Waals surface area (Å²) in [6, 6.07) is 15.1. The van der Waals surface area contributed by atoms with Crippen molar-refractivity contribution in [2.45, 2.75) is 31.7 Å². The van der Waals surface area contributed by atoms with Crippen LogP contribution in [0.1, 0.15) is 24.4 Å². The van der Waals surface area contributed by atoms with Gasteiger partial charge < -0.3 is 5.32 Å². The second-order valence-electron chi connectivity index (χ2n) is 5.92. The number of allylic oxidation sites excluding steroid dienone is 2. The summed E-state index contributed by atoms with van der Waals surface area (Å²) in [5, 5.41) is 5.94. The summed E-state index contributed by atoms with van der Waals surface area (Å²) < 4.78 is 3.80. The topological polar surface area (TPSA) is 15.9 Å². The summed E-state index contributed by atoms with van der Waals surface area (Å²) in [5.74, 6) is 0. The van der Waals surface area contributed by atoms with Gasteiger partial charge >= 0.3 is 0 Å². The molecule has 4 heteroatoms. The Morgan fingerprint density at radius 2 is 1.96 bits per heavy atom. The molecule has 0 spiro atoms. The Morgan fingerprint density at radius 3 is 2.76 bits per heavy atom. The molecule has 0 radical (unpaired) electrons. The second kappa shape index (κ2) is 7.06. The Morgan fingerprint density at radius 1 is 1.08 bits per heavy atom. The molecular formula is C21H21N2S2+.